The largest absolute Gasteiger partial charge is 0.392 e. The molecule has 0 fully saturated rings. The van der Waals surface area contributed by atoms with E-state index in [4.69, 9.17) is 4.84 Å². The van der Waals surface area contributed by atoms with E-state index >= 15 is 0 Å². The molecule has 10 nitrogen and oxygen atoms in total. The first-order valence-corrected chi connectivity index (χ1v) is 13.2. The quantitative estimate of drug-likeness (QED) is 0.0861. The highest BCUT2D eigenvalue weighted by Gasteiger charge is 2.11. The topological polar surface area (TPSA) is 121 Å². The first kappa shape index (κ1) is 26.7. The Labute approximate surface area is 230 Å². The zero-order chi connectivity index (χ0) is 27.9. The second kappa shape index (κ2) is 12.3. The lowest BCUT2D eigenvalue weighted by Crippen LogP contribution is -2.04. The first-order valence-electron chi connectivity index (χ1n) is 12.1. The van der Waals surface area contributed by atoms with Crippen LogP contribution < -0.4 is 5.32 Å². The fourth-order valence-corrected chi connectivity index (χ4v) is 4.29. The highest BCUT2D eigenvalue weighted by molar-refractivity contribution is 7.67. The molecule has 0 spiro atoms. The molecule has 0 aliphatic rings. The summed E-state index contributed by atoms with van der Waals surface area (Å²) in [5.74, 6) is 6.00. The summed E-state index contributed by atoms with van der Waals surface area (Å²) in [5.41, 5.74) is 4.27. The molecule has 202 valence electrons. The third kappa shape index (κ3) is 6.40. The summed E-state index contributed by atoms with van der Waals surface area (Å²) in [6.45, 7) is 1.92. The van der Waals surface area contributed by atoms with Gasteiger partial charge in [0.25, 0.3) is 11.0 Å². The van der Waals surface area contributed by atoms with Crippen molar-refractivity contribution in [2.24, 2.45) is 5.16 Å². The van der Waals surface area contributed by atoms with E-state index < -0.39 is 11.0 Å². The molecule has 0 bridgehead atoms. The molecule has 0 aliphatic carbocycles. The summed E-state index contributed by atoms with van der Waals surface area (Å²) >= 11 is 0. The lowest BCUT2D eigenvalue weighted by molar-refractivity contribution is 0.111. The van der Waals surface area contributed by atoms with E-state index in [1.807, 2.05) is 47.1 Å². The zero-order valence-corrected chi connectivity index (χ0v) is 22.1. The normalized spacial score (nSPS) is 11.5. The summed E-state index contributed by atoms with van der Waals surface area (Å²) in [4.78, 5) is 14.0. The number of hydrogen-bond acceptors (Lipinski definition) is 9. The monoisotopic (exact) mass is 558 g/mol. The van der Waals surface area contributed by atoms with Crippen LogP contribution in [0.5, 0.6) is 0 Å². The van der Waals surface area contributed by atoms with Gasteiger partial charge in [0.05, 0.1) is 23.8 Å². The van der Waals surface area contributed by atoms with E-state index in [2.05, 4.69) is 41.6 Å². The van der Waals surface area contributed by atoms with Crippen molar-refractivity contribution in [2.45, 2.75) is 13.5 Å². The van der Waals surface area contributed by atoms with Crippen LogP contribution in [0.4, 0.5) is 15.9 Å². The Hall–Kier alpha value is -4.86. The Kier molecular flexibility index (Phi) is 8.24. The number of oxime groups is 1. The van der Waals surface area contributed by atoms with Crippen LogP contribution in [0, 0.1) is 17.7 Å². The van der Waals surface area contributed by atoms with Crippen molar-refractivity contribution in [3.8, 4) is 11.8 Å². The molecular formula is C28H23FN6O4S. The van der Waals surface area contributed by atoms with Gasteiger partial charge >= 0.3 is 0 Å². The van der Waals surface area contributed by atoms with Crippen molar-refractivity contribution in [2.75, 3.05) is 18.5 Å². The van der Waals surface area contributed by atoms with Crippen LogP contribution in [-0.4, -0.2) is 47.1 Å². The van der Waals surface area contributed by atoms with Crippen LogP contribution in [0.3, 0.4) is 0 Å². The molecule has 40 heavy (non-hydrogen) atoms. The van der Waals surface area contributed by atoms with Crippen LogP contribution >= 0.6 is 0 Å². The van der Waals surface area contributed by atoms with E-state index in [-0.39, 0.29) is 19.0 Å². The molecule has 0 radical (unpaired) electrons. The number of anilines is 2. The van der Waals surface area contributed by atoms with Crippen molar-refractivity contribution in [3.05, 3.63) is 90.1 Å². The molecule has 12 heteroatoms. The Morgan fingerprint density at radius 3 is 2.83 bits per heavy atom. The molecule has 2 heterocycles. The van der Waals surface area contributed by atoms with E-state index in [1.165, 1.54) is 18.5 Å². The summed E-state index contributed by atoms with van der Waals surface area (Å²) in [5, 5.41) is 13.5. The molecule has 0 saturated heterocycles. The highest BCUT2D eigenvalue weighted by Crippen LogP contribution is 2.27. The van der Waals surface area contributed by atoms with Crippen molar-refractivity contribution in [1.29, 1.82) is 0 Å². The molecule has 0 unspecified atom stereocenters. The number of nitrogens with one attached hydrogen (secondary N) is 1. The predicted molar refractivity (Wildman–Crippen MR) is 150 cm³/mol. The third-order valence-electron chi connectivity index (χ3n) is 5.81. The lowest BCUT2D eigenvalue weighted by Gasteiger charge is -2.10. The van der Waals surface area contributed by atoms with Gasteiger partial charge in [-0.2, -0.15) is 5.10 Å². The van der Waals surface area contributed by atoms with Gasteiger partial charge < -0.3 is 10.2 Å². The minimum Gasteiger partial charge on any atom is -0.392 e. The molecule has 2 aromatic heterocycles. The number of rotatable bonds is 10. The number of benzene rings is 3. The van der Waals surface area contributed by atoms with E-state index in [9.17, 15) is 12.8 Å². The van der Waals surface area contributed by atoms with Gasteiger partial charge in [0.1, 0.15) is 31.2 Å². The van der Waals surface area contributed by atoms with Gasteiger partial charge in [-0.15, -0.1) is 0 Å². The summed E-state index contributed by atoms with van der Waals surface area (Å²) in [6.07, 6.45) is 3.24. The molecule has 0 atom stereocenters. The Morgan fingerprint density at radius 1 is 1.10 bits per heavy atom. The van der Waals surface area contributed by atoms with Crippen molar-refractivity contribution in [1.82, 2.24) is 19.7 Å². The molecule has 1 N–H and O–H groups in total. The summed E-state index contributed by atoms with van der Waals surface area (Å²) in [6, 6.07) is 17.8. The number of nitrogens with zero attached hydrogens (tertiary/aromatic N) is 5. The molecule has 5 rings (SSSR count). The van der Waals surface area contributed by atoms with Gasteiger partial charge in [-0.3, -0.25) is 8.86 Å². The average Bonchev–Trinajstić information content (AvgIpc) is 3.34. The second-order valence-corrected chi connectivity index (χ2v) is 9.20. The van der Waals surface area contributed by atoms with E-state index in [0.29, 0.717) is 29.2 Å². The van der Waals surface area contributed by atoms with Crippen molar-refractivity contribution >= 4 is 50.0 Å². The molecule has 0 amide bonds. The SMILES string of the molecule is CC#CC(=NOCCO[SH](=O)=O)c1ccc2ncnc(Nc3ccc4c(cnn4Cc4cccc(F)c4)c3)c2c1. The fourth-order valence-electron chi connectivity index (χ4n) is 4.06. The minimum absolute atomic E-state index is 0.0526. The van der Waals surface area contributed by atoms with Crippen LogP contribution in [0.25, 0.3) is 21.8 Å². The van der Waals surface area contributed by atoms with E-state index in [0.717, 1.165) is 27.5 Å². The highest BCUT2D eigenvalue weighted by atomic mass is 32.2. The molecule has 0 saturated carbocycles. The van der Waals surface area contributed by atoms with Crippen LogP contribution in [0.1, 0.15) is 18.1 Å². The maximum atomic E-state index is 13.6. The van der Waals surface area contributed by atoms with Gasteiger partial charge in [-0.25, -0.2) is 22.8 Å². The van der Waals surface area contributed by atoms with Crippen molar-refractivity contribution < 1.29 is 21.8 Å². The Balaban J connectivity index is 1.39. The third-order valence-corrected chi connectivity index (χ3v) is 6.20. The van der Waals surface area contributed by atoms with Gasteiger partial charge in [0.15, 0.2) is 5.71 Å². The van der Waals surface area contributed by atoms with Gasteiger partial charge in [-0.1, -0.05) is 23.2 Å². The molecule has 3 aromatic carbocycles. The van der Waals surface area contributed by atoms with Crippen molar-refractivity contribution in [3.63, 3.8) is 0 Å². The number of halogens is 1. The minimum atomic E-state index is -2.94. The Morgan fingerprint density at radius 2 is 2.00 bits per heavy atom. The standard InChI is InChI=1S/C28H23FN6O4S/c1-2-4-25(34-38-11-12-39-40(36)37)20-7-9-26-24(15-20)28(31-18-30-26)33-23-8-10-27-21(14-23)16-32-35(27)17-19-5-3-6-22(29)13-19/h3,5-10,13-16,18,40H,11-12,17H2,1H3,(H,30,31,33). The van der Waals surface area contributed by atoms with Crippen LogP contribution in [-0.2, 0) is 26.6 Å². The van der Waals surface area contributed by atoms with Gasteiger partial charge in [0.2, 0.25) is 0 Å². The predicted octanol–water partition coefficient (Wildman–Crippen LogP) is 4.20. The molecular weight excluding hydrogens is 535 g/mol. The lowest BCUT2D eigenvalue weighted by atomic mass is 10.1. The maximum absolute atomic E-state index is 13.6. The second-order valence-electron chi connectivity index (χ2n) is 8.49. The first-order chi connectivity index (χ1) is 19.5. The smallest absolute Gasteiger partial charge is 0.257 e. The summed E-state index contributed by atoms with van der Waals surface area (Å²) < 4.78 is 40.9. The number of thiol groups is 1. The van der Waals surface area contributed by atoms with Gasteiger partial charge in [0, 0.05) is 22.0 Å². The van der Waals surface area contributed by atoms with Crippen LogP contribution in [0.15, 0.2) is 78.3 Å². The van der Waals surface area contributed by atoms with Crippen LogP contribution in [0.2, 0.25) is 0 Å². The van der Waals surface area contributed by atoms with Gasteiger partial charge in [-0.05, 0) is 66.9 Å². The average molecular weight is 559 g/mol. The summed E-state index contributed by atoms with van der Waals surface area (Å²) in [7, 11) is -2.94. The Bertz CT molecular complexity index is 1850. The number of hydrogen-bond donors (Lipinski definition) is 2. The molecule has 5 aromatic rings. The number of fused-ring (bicyclic) bond motifs is 2. The molecule has 0 aliphatic heterocycles. The maximum Gasteiger partial charge on any atom is 0.257 e. The fraction of sp³-hybridized carbons (Fsp3) is 0.143. The number of aromatic nitrogens is 4. The zero-order valence-electron chi connectivity index (χ0n) is 21.2. The van der Waals surface area contributed by atoms with E-state index in [1.54, 1.807) is 19.2 Å².